The Kier molecular flexibility index (Phi) is 5.35. The Hall–Kier alpha value is -3.13. The molecule has 1 aliphatic rings. The van der Waals surface area contributed by atoms with E-state index in [1.54, 1.807) is 13.8 Å². The lowest BCUT2D eigenvalue weighted by Crippen LogP contribution is -2.30. The SMILES string of the molecule is Cc1ccc(NC(=O)Cn2nc(C)c(S(=O)(=O)N3CCc4ccccc43)c2C)cc1C. The highest BCUT2D eigenvalue weighted by Gasteiger charge is 2.35. The third-order valence-corrected chi connectivity index (χ3v) is 7.86. The highest BCUT2D eigenvalue weighted by Crippen LogP contribution is 2.34. The molecule has 7 nitrogen and oxygen atoms in total. The van der Waals surface area contributed by atoms with Crippen LogP contribution in [0.4, 0.5) is 11.4 Å². The molecule has 162 valence electrons. The lowest BCUT2D eigenvalue weighted by molar-refractivity contribution is -0.116. The molecular formula is C23H26N4O3S. The molecule has 0 unspecified atom stereocenters. The molecule has 0 spiro atoms. The van der Waals surface area contributed by atoms with Gasteiger partial charge in [0.2, 0.25) is 5.91 Å². The molecule has 2 aromatic carbocycles. The molecule has 2 heterocycles. The second-order valence-electron chi connectivity index (χ2n) is 7.96. The van der Waals surface area contributed by atoms with Crippen LogP contribution in [0.5, 0.6) is 0 Å². The van der Waals surface area contributed by atoms with E-state index in [-0.39, 0.29) is 17.3 Å². The number of nitrogens with one attached hydrogen (secondary N) is 1. The third-order valence-electron chi connectivity index (χ3n) is 5.79. The van der Waals surface area contributed by atoms with Crippen molar-refractivity contribution < 1.29 is 13.2 Å². The smallest absolute Gasteiger partial charge is 0.268 e. The average molecular weight is 439 g/mol. The van der Waals surface area contributed by atoms with Crippen LogP contribution < -0.4 is 9.62 Å². The molecule has 4 rings (SSSR count). The van der Waals surface area contributed by atoms with Gasteiger partial charge in [-0.15, -0.1) is 0 Å². The van der Waals surface area contributed by atoms with Gasteiger partial charge in [-0.1, -0.05) is 24.3 Å². The molecule has 1 amide bonds. The molecule has 8 heteroatoms. The summed E-state index contributed by atoms with van der Waals surface area (Å²) in [6.45, 7) is 7.69. The number of fused-ring (bicyclic) bond motifs is 1. The summed E-state index contributed by atoms with van der Waals surface area (Å²) >= 11 is 0. The minimum absolute atomic E-state index is 0.0638. The van der Waals surface area contributed by atoms with Crippen LogP contribution in [-0.4, -0.2) is 30.7 Å². The molecule has 0 aliphatic carbocycles. The Morgan fingerprint density at radius 2 is 1.81 bits per heavy atom. The highest BCUT2D eigenvalue weighted by atomic mass is 32.2. The van der Waals surface area contributed by atoms with Gasteiger partial charge in [0.15, 0.2) is 0 Å². The molecule has 0 saturated heterocycles. The zero-order valence-electron chi connectivity index (χ0n) is 18.1. The van der Waals surface area contributed by atoms with E-state index < -0.39 is 10.0 Å². The number of benzene rings is 2. The number of hydrogen-bond acceptors (Lipinski definition) is 4. The van der Waals surface area contributed by atoms with E-state index in [4.69, 9.17) is 0 Å². The minimum atomic E-state index is -3.78. The van der Waals surface area contributed by atoms with Crippen molar-refractivity contribution >= 4 is 27.3 Å². The maximum atomic E-state index is 13.5. The standard InChI is InChI=1S/C23H26N4O3S/c1-15-9-10-20(13-16(15)2)24-22(28)14-26-18(4)23(17(3)25-26)31(29,30)27-12-11-19-7-5-6-8-21(19)27/h5-10,13H,11-12,14H2,1-4H3,(H,24,28). The fourth-order valence-electron chi connectivity index (χ4n) is 4.03. The van der Waals surface area contributed by atoms with Crippen molar-refractivity contribution in [1.82, 2.24) is 9.78 Å². The van der Waals surface area contributed by atoms with Gasteiger partial charge in [0.05, 0.1) is 17.1 Å². The summed E-state index contributed by atoms with van der Waals surface area (Å²) in [6, 6.07) is 13.2. The van der Waals surface area contributed by atoms with Crippen molar-refractivity contribution in [3.63, 3.8) is 0 Å². The van der Waals surface area contributed by atoms with Crippen molar-refractivity contribution in [3.05, 3.63) is 70.5 Å². The van der Waals surface area contributed by atoms with Gasteiger partial charge < -0.3 is 5.32 Å². The molecule has 31 heavy (non-hydrogen) atoms. The number of sulfonamides is 1. The summed E-state index contributed by atoms with van der Waals surface area (Å²) in [5.74, 6) is -0.260. The number of amides is 1. The maximum absolute atomic E-state index is 13.5. The Labute approximate surface area is 182 Å². The van der Waals surface area contributed by atoms with Gasteiger partial charge in [0, 0.05) is 12.2 Å². The van der Waals surface area contributed by atoms with Gasteiger partial charge >= 0.3 is 0 Å². The second kappa shape index (κ2) is 7.85. The maximum Gasteiger partial charge on any atom is 0.268 e. The van der Waals surface area contributed by atoms with Gasteiger partial charge in [-0.3, -0.25) is 13.8 Å². The van der Waals surface area contributed by atoms with E-state index >= 15 is 0 Å². The predicted octanol–water partition coefficient (Wildman–Crippen LogP) is 3.51. The first-order chi connectivity index (χ1) is 14.7. The molecule has 3 aromatic rings. The average Bonchev–Trinajstić information content (AvgIpc) is 3.26. The van der Waals surface area contributed by atoms with Crippen molar-refractivity contribution in [2.24, 2.45) is 0 Å². The normalized spacial score (nSPS) is 13.4. The topological polar surface area (TPSA) is 84.3 Å². The lowest BCUT2D eigenvalue weighted by Gasteiger charge is -2.19. The number of anilines is 2. The zero-order chi connectivity index (χ0) is 22.3. The molecule has 0 atom stereocenters. The Morgan fingerprint density at radius 1 is 1.06 bits per heavy atom. The minimum Gasteiger partial charge on any atom is -0.324 e. The summed E-state index contributed by atoms with van der Waals surface area (Å²) in [5, 5.41) is 7.23. The zero-order valence-corrected chi connectivity index (χ0v) is 19.0. The van der Waals surface area contributed by atoms with Crippen LogP contribution >= 0.6 is 0 Å². The largest absolute Gasteiger partial charge is 0.324 e. The number of aromatic nitrogens is 2. The van der Waals surface area contributed by atoms with Crippen molar-refractivity contribution in [2.75, 3.05) is 16.2 Å². The first-order valence-electron chi connectivity index (χ1n) is 10.2. The molecular weight excluding hydrogens is 412 g/mol. The Balaban J connectivity index is 1.59. The molecule has 0 fully saturated rings. The van der Waals surface area contributed by atoms with Crippen LogP contribution in [0, 0.1) is 27.7 Å². The number of hydrogen-bond donors (Lipinski definition) is 1. The monoisotopic (exact) mass is 438 g/mol. The van der Waals surface area contributed by atoms with Gasteiger partial charge in [-0.05, 0) is 69.0 Å². The van der Waals surface area contributed by atoms with Gasteiger partial charge in [0.1, 0.15) is 11.4 Å². The Bertz CT molecular complexity index is 1280. The van der Waals surface area contributed by atoms with Crippen LogP contribution in [0.3, 0.4) is 0 Å². The molecule has 1 aliphatic heterocycles. The Morgan fingerprint density at radius 3 is 2.55 bits per heavy atom. The fourth-order valence-corrected chi connectivity index (χ4v) is 5.91. The van der Waals surface area contributed by atoms with E-state index in [1.165, 1.54) is 8.99 Å². The second-order valence-corrected chi connectivity index (χ2v) is 9.76. The van der Waals surface area contributed by atoms with Gasteiger partial charge in [-0.25, -0.2) is 8.42 Å². The lowest BCUT2D eigenvalue weighted by atomic mass is 10.1. The number of rotatable bonds is 5. The van der Waals surface area contributed by atoms with Gasteiger partial charge in [-0.2, -0.15) is 5.10 Å². The van der Waals surface area contributed by atoms with Crippen LogP contribution in [0.25, 0.3) is 0 Å². The van der Waals surface area contributed by atoms with Crippen molar-refractivity contribution in [1.29, 1.82) is 0 Å². The molecule has 0 saturated carbocycles. The molecule has 1 N–H and O–H groups in total. The number of carbonyl (C=O) groups excluding carboxylic acids is 1. The van der Waals surface area contributed by atoms with Crippen LogP contribution in [0.1, 0.15) is 28.1 Å². The summed E-state index contributed by atoms with van der Waals surface area (Å²) in [4.78, 5) is 12.8. The van der Waals surface area contributed by atoms with E-state index in [9.17, 15) is 13.2 Å². The number of carbonyl (C=O) groups is 1. The number of nitrogens with zero attached hydrogens (tertiary/aromatic N) is 3. The van der Waals surface area contributed by atoms with Crippen LogP contribution in [0.15, 0.2) is 47.4 Å². The predicted molar refractivity (Wildman–Crippen MR) is 121 cm³/mol. The van der Waals surface area contributed by atoms with Crippen LogP contribution in [0.2, 0.25) is 0 Å². The third kappa shape index (κ3) is 3.83. The van der Waals surface area contributed by atoms with Crippen molar-refractivity contribution in [3.8, 4) is 0 Å². The molecule has 0 radical (unpaired) electrons. The first-order valence-corrected chi connectivity index (χ1v) is 11.6. The van der Waals surface area contributed by atoms with Gasteiger partial charge in [0.25, 0.3) is 10.0 Å². The quantitative estimate of drug-likeness (QED) is 0.661. The first kappa shape index (κ1) is 21.1. The summed E-state index contributed by atoms with van der Waals surface area (Å²) in [7, 11) is -3.78. The number of aryl methyl sites for hydroxylation is 3. The van der Waals surface area contributed by atoms with E-state index in [0.717, 1.165) is 16.7 Å². The highest BCUT2D eigenvalue weighted by molar-refractivity contribution is 7.93. The molecule has 0 bridgehead atoms. The number of para-hydroxylation sites is 1. The van der Waals surface area contributed by atoms with E-state index in [2.05, 4.69) is 10.4 Å². The molecule has 1 aromatic heterocycles. The van der Waals surface area contributed by atoms with E-state index in [1.807, 2.05) is 56.3 Å². The fraction of sp³-hybridized carbons (Fsp3) is 0.304. The summed E-state index contributed by atoms with van der Waals surface area (Å²) < 4.78 is 29.8. The van der Waals surface area contributed by atoms with E-state index in [0.29, 0.717) is 35.7 Å². The summed E-state index contributed by atoms with van der Waals surface area (Å²) in [6.07, 6.45) is 0.681. The summed E-state index contributed by atoms with van der Waals surface area (Å²) in [5.41, 5.74) is 5.51. The van der Waals surface area contributed by atoms with Crippen LogP contribution in [-0.2, 0) is 27.8 Å². The van der Waals surface area contributed by atoms with Crippen molar-refractivity contribution in [2.45, 2.75) is 45.6 Å².